The van der Waals surface area contributed by atoms with E-state index in [1.807, 2.05) is 18.2 Å². The maximum atomic E-state index is 13.4. The monoisotopic (exact) mass is 478 g/mol. The molecule has 0 bridgehead atoms. The fraction of sp³-hybridized carbons (Fsp3) is 0.500. The summed E-state index contributed by atoms with van der Waals surface area (Å²) in [6, 6.07) is 10.3. The van der Waals surface area contributed by atoms with Gasteiger partial charge in [-0.05, 0) is 82.3 Å². The topological polar surface area (TPSA) is 64.8 Å². The van der Waals surface area contributed by atoms with Crippen molar-refractivity contribution in [1.82, 2.24) is 10.1 Å². The molecular weight excluding hydrogens is 447 g/mol. The van der Waals surface area contributed by atoms with E-state index in [1.165, 1.54) is 12.1 Å². The van der Waals surface area contributed by atoms with Crippen LogP contribution in [0.4, 0.5) is 4.39 Å². The molecular formula is C28H31FN2O4. The number of fused-ring (bicyclic) bond motifs is 2. The molecule has 0 unspecified atom stereocenters. The Bertz CT molecular complexity index is 1220. The summed E-state index contributed by atoms with van der Waals surface area (Å²) in [5, 5.41) is 5.17. The molecule has 184 valence electrons. The number of nitrogens with zero attached hydrogens (tertiary/aromatic N) is 2. The molecule has 6 nitrogen and oxygen atoms in total. The average molecular weight is 479 g/mol. The SMILES string of the molecule is O=C1CC2(CCCC2)Oc2cc(OCCCN3CCC(c4noc5cc(F)ccc45)CC3)ccc21. The number of ether oxygens (including phenoxy) is 2. The standard InChI is InChI=1S/C28H31FN2O4/c29-20-4-6-23-26(16-20)35-30-27(23)19-8-13-31(14-9-19)12-3-15-33-21-5-7-22-24(32)18-28(10-1-2-11-28)34-25(22)17-21/h4-7,16-17,19H,1-3,8-15,18H2. The molecule has 2 aromatic carbocycles. The van der Waals surface area contributed by atoms with Crippen molar-refractivity contribution in [3.8, 4) is 11.5 Å². The Kier molecular flexibility index (Phi) is 5.96. The number of likely N-dealkylation sites (tertiary alicyclic amines) is 1. The zero-order valence-electron chi connectivity index (χ0n) is 19.9. The molecule has 3 aromatic rings. The molecule has 3 aliphatic rings. The smallest absolute Gasteiger partial charge is 0.170 e. The molecule has 1 saturated carbocycles. The van der Waals surface area contributed by atoms with Crippen molar-refractivity contribution in [3.63, 3.8) is 0 Å². The van der Waals surface area contributed by atoms with E-state index in [1.54, 1.807) is 6.07 Å². The Morgan fingerprint density at radius 2 is 1.94 bits per heavy atom. The summed E-state index contributed by atoms with van der Waals surface area (Å²) in [5.74, 6) is 1.68. The number of halogens is 1. The lowest BCUT2D eigenvalue weighted by atomic mass is 9.88. The largest absolute Gasteiger partial charge is 0.493 e. The molecule has 1 aliphatic carbocycles. The molecule has 1 saturated heterocycles. The van der Waals surface area contributed by atoms with Crippen molar-refractivity contribution in [2.45, 2.75) is 62.9 Å². The van der Waals surface area contributed by atoms with E-state index in [2.05, 4.69) is 10.1 Å². The molecule has 2 fully saturated rings. The van der Waals surface area contributed by atoms with E-state index in [4.69, 9.17) is 14.0 Å². The van der Waals surface area contributed by atoms with Gasteiger partial charge < -0.3 is 18.9 Å². The van der Waals surface area contributed by atoms with Crippen molar-refractivity contribution in [3.05, 3.63) is 53.5 Å². The summed E-state index contributed by atoms with van der Waals surface area (Å²) >= 11 is 0. The molecule has 0 N–H and O–H groups in total. The predicted molar refractivity (Wildman–Crippen MR) is 130 cm³/mol. The number of hydrogen-bond donors (Lipinski definition) is 0. The van der Waals surface area contributed by atoms with E-state index in [0.29, 0.717) is 35.8 Å². The Morgan fingerprint density at radius 1 is 1.11 bits per heavy atom. The van der Waals surface area contributed by atoms with Gasteiger partial charge in [0.2, 0.25) is 0 Å². The van der Waals surface area contributed by atoms with Crippen LogP contribution in [0.15, 0.2) is 40.9 Å². The number of ketones is 1. The average Bonchev–Trinajstić information content (AvgIpc) is 3.48. The third-order valence-corrected chi connectivity index (χ3v) is 7.90. The van der Waals surface area contributed by atoms with Crippen LogP contribution in [-0.4, -0.2) is 47.7 Å². The van der Waals surface area contributed by atoms with E-state index in [0.717, 1.165) is 81.4 Å². The zero-order valence-corrected chi connectivity index (χ0v) is 19.9. The number of carbonyl (C=O) groups is 1. The van der Waals surface area contributed by atoms with Crippen LogP contribution in [0.5, 0.6) is 11.5 Å². The number of rotatable bonds is 6. The summed E-state index contributed by atoms with van der Waals surface area (Å²) in [6.07, 6.45) is 7.64. The van der Waals surface area contributed by atoms with Crippen LogP contribution in [0.2, 0.25) is 0 Å². The third kappa shape index (κ3) is 4.54. The van der Waals surface area contributed by atoms with Crippen LogP contribution >= 0.6 is 0 Å². The molecule has 2 aliphatic heterocycles. The minimum atomic E-state index is -0.300. The first-order chi connectivity index (χ1) is 17.1. The molecule has 6 rings (SSSR count). The summed E-state index contributed by atoms with van der Waals surface area (Å²) in [7, 11) is 0. The lowest BCUT2D eigenvalue weighted by Gasteiger charge is -2.34. The second-order valence-corrected chi connectivity index (χ2v) is 10.3. The molecule has 1 spiro atoms. The lowest BCUT2D eigenvalue weighted by Crippen LogP contribution is -2.39. The number of carbonyl (C=O) groups excluding carboxylic acids is 1. The number of hydrogen-bond acceptors (Lipinski definition) is 6. The number of piperidine rings is 1. The highest BCUT2D eigenvalue weighted by molar-refractivity contribution is 6.00. The number of aromatic nitrogens is 1. The van der Waals surface area contributed by atoms with E-state index in [-0.39, 0.29) is 17.2 Å². The van der Waals surface area contributed by atoms with Gasteiger partial charge in [0.25, 0.3) is 0 Å². The summed E-state index contributed by atoms with van der Waals surface area (Å²) in [6.45, 7) is 3.59. The van der Waals surface area contributed by atoms with E-state index >= 15 is 0 Å². The minimum absolute atomic E-state index is 0.189. The third-order valence-electron chi connectivity index (χ3n) is 7.90. The van der Waals surface area contributed by atoms with Crippen LogP contribution in [0.3, 0.4) is 0 Å². The second-order valence-electron chi connectivity index (χ2n) is 10.3. The quantitative estimate of drug-likeness (QED) is 0.412. The molecule has 7 heteroatoms. The van der Waals surface area contributed by atoms with Crippen LogP contribution < -0.4 is 9.47 Å². The molecule has 0 radical (unpaired) electrons. The predicted octanol–water partition coefficient (Wildman–Crippen LogP) is 5.89. The molecule has 0 amide bonds. The van der Waals surface area contributed by atoms with Gasteiger partial charge in [-0.2, -0.15) is 0 Å². The second kappa shape index (κ2) is 9.26. The fourth-order valence-corrected chi connectivity index (χ4v) is 6.00. The summed E-state index contributed by atoms with van der Waals surface area (Å²) < 4.78 is 31.1. The van der Waals surface area contributed by atoms with Gasteiger partial charge in [0.15, 0.2) is 11.4 Å². The minimum Gasteiger partial charge on any atom is -0.493 e. The van der Waals surface area contributed by atoms with Crippen LogP contribution in [0.25, 0.3) is 11.0 Å². The molecule has 1 aromatic heterocycles. The molecule has 3 heterocycles. The van der Waals surface area contributed by atoms with Crippen LogP contribution in [0.1, 0.15) is 73.3 Å². The van der Waals surface area contributed by atoms with Crippen LogP contribution in [-0.2, 0) is 0 Å². The normalized spacial score (nSPS) is 20.3. The van der Waals surface area contributed by atoms with Gasteiger partial charge >= 0.3 is 0 Å². The van der Waals surface area contributed by atoms with Crippen molar-refractivity contribution in [2.75, 3.05) is 26.2 Å². The summed E-state index contributed by atoms with van der Waals surface area (Å²) in [5.41, 5.74) is 1.87. The first kappa shape index (κ1) is 22.5. The van der Waals surface area contributed by atoms with Gasteiger partial charge in [-0.3, -0.25) is 4.79 Å². The maximum absolute atomic E-state index is 13.4. The van der Waals surface area contributed by atoms with Gasteiger partial charge in [-0.1, -0.05) is 5.16 Å². The van der Waals surface area contributed by atoms with Crippen molar-refractivity contribution in [2.24, 2.45) is 0 Å². The van der Waals surface area contributed by atoms with Crippen LogP contribution in [0, 0.1) is 5.82 Å². The molecule has 0 atom stereocenters. The van der Waals surface area contributed by atoms with Gasteiger partial charge in [-0.25, -0.2) is 4.39 Å². The Balaban J connectivity index is 0.982. The summed E-state index contributed by atoms with van der Waals surface area (Å²) in [4.78, 5) is 15.1. The highest BCUT2D eigenvalue weighted by Crippen LogP contribution is 2.44. The fourth-order valence-electron chi connectivity index (χ4n) is 6.00. The van der Waals surface area contributed by atoms with Gasteiger partial charge in [-0.15, -0.1) is 0 Å². The first-order valence-electron chi connectivity index (χ1n) is 12.8. The van der Waals surface area contributed by atoms with Crippen molar-refractivity contribution < 1.29 is 23.2 Å². The highest BCUT2D eigenvalue weighted by atomic mass is 19.1. The first-order valence-corrected chi connectivity index (χ1v) is 12.8. The molecule has 35 heavy (non-hydrogen) atoms. The van der Waals surface area contributed by atoms with Gasteiger partial charge in [0.1, 0.15) is 22.9 Å². The van der Waals surface area contributed by atoms with Gasteiger partial charge in [0, 0.05) is 30.0 Å². The van der Waals surface area contributed by atoms with E-state index in [9.17, 15) is 9.18 Å². The van der Waals surface area contributed by atoms with E-state index < -0.39 is 0 Å². The Morgan fingerprint density at radius 3 is 2.77 bits per heavy atom. The Labute approximate surface area is 204 Å². The Hall–Kier alpha value is -2.93. The highest BCUT2D eigenvalue weighted by Gasteiger charge is 2.42. The number of benzene rings is 2. The maximum Gasteiger partial charge on any atom is 0.170 e. The van der Waals surface area contributed by atoms with Crippen molar-refractivity contribution >= 4 is 16.8 Å². The zero-order chi connectivity index (χ0) is 23.8. The number of Topliss-reactive ketones (excluding diaryl/α,β-unsaturated/α-hetero) is 1. The van der Waals surface area contributed by atoms with Gasteiger partial charge in [0.05, 0.1) is 24.3 Å². The lowest BCUT2D eigenvalue weighted by molar-refractivity contribution is 0.0448. The van der Waals surface area contributed by atoms with Crippen molar-refractivity contribution in [1.29, 1.82) is 0 Å².